The van der Waals surface area contributed by atoms with Crippen LogP contribution >= 0.6 is 0 Å². The molecule has 1 fully saturated rings. The zero-order valence-corrected chi connectivity index (χ0v) is 12.3. The van der Waals surface area contributed by atoms with E-state index in [0.717, 1.165) is 41.7 Å². The van der Waals surface area contributed by atoms with Crippen molar-refractivity contribution in [2.75, 3.05) is 0 Å². The third-order valence-electron chi connectivity index (χ3n) is 4.58. The maximum absolute atomic E-state index is 6.47. The Balaban J connectivity index is 1.72. The van der Waals surface area contributed by atoms with Gasteiger partial charge in [0.1, 0.15) is 0 Å². The van der Waals surface area contributed by atoms with Crippen molar-refractivity contribution in [3.8, 4) is 11.3 Å². The van der Waals surface area contributed by atoms with Crippen LogP contribution in [-0.4, -0.2) is 20.6 Å². The van der Waals surface area contributed by atoms with E-state index in [-0.39, 0.29) is 11.6 Å². The molecule has 3 aromatic rings. The predicted molar refractivity (Wildman–Crippen MR) is 86.1 cm³/mol. The highest BCUT2D eigenvalue weighted by atomic mass is 15.2. The second kappa shape index (κ2) is 4.90. The first-order valence-electron chi connectivity index (χ1n) is 7.60. The third kappa shape index (κ3) is 2.10. The molecule has 2 unspecified atom stereocenters. The van der Waals surface area contributed by atoms with E-state index in [1.54, 1.807) is 6.20 Å². The molecule has 0 saturated heterocycles. The van der Waals surface area contributed by atoms with Gasteiger partial charge in [-0.1, -0.05) is 6.07 Å². The Labute approximate surface area is 129 Å². The molecule has 3 aromatic heterocycles. The van der Waals surface area contributed by atoms with E-state index >= 15 is 0 Å². The highest BCUT2D eigenvalue weighted by molar-refractivity contribution is 5.63. The quantitative estimate of drug-likeness (QED) is 0.757. The molecule has 5 nitrogen and oxygen atoms in total. The van der Waals surface area contributed by atoms with Gasteiger partial charge < -0.3 is 11.5 Å². The summed E-state index contributed by atoms with van der Waals surface area (Å²) in [7, 11) is 0. The molecule has 0 aromatic carbocycles. The molecule has 112 valence electrons. The molecule has 4 N–H and O–H groups in total. The van der Waals surface area contributed by atoms with Gasteiger partial charge in [0.2, 0.25) is 0 Å². The monoisotopic (exact) mass is 293 g/mol. The molecule has 0 spiro atoms. The van der Waals surface area contributed by atoms with Crippen LogP contribution in [0.2, 0.25) is 0 Å². The van der Waals surface area contributed by atoms with Crippen LogP contribution in [-0.2, 0) is 5.54 Å². The van der Waals surface area contributed by atoms with Gasteiger partial charge in [0.15, 0.2) is 0 Å². The van der Waals surface area contributed by atoms with Gasteiger partial charge in [-0.05, 0) is 49.6 Å². The zero-order valence-electron chi connectivity index (χ0n) is 12.3. The van der Waals surface area contributed by atoms with Crippen molar-refractivity contribution in [2.24, 2.45) is 11.5 Å². The minimum absolute atomic E-state index is 0.185. The van der Waals surface area contributed by atoms with E-state index in [2.05, 4.69) is 16.1 Å². The normalized spacial score (nSPS) is 24.9. The van der Waals surface area contributed by atoms with Crippen molar-refractivity contribution in [1.29, 1.82) is 0 Å². The predicted octanol–water partition coefficient (Wildman–Crippen LogP) is 2.06. The molecule has 22 heavy (non-hydrogen) atoms. The Bertz CT molecular complexity index is 807. The summed E-state index contributed by atoms with van der Waals surface area (Å²) in [6, 6.07) is 12.4. The van der Waals surface area contributed by atoms with Crippen molar-refractivity contribution in [3.05, 3.63) is 54.5 Å². The first-order chi connectivity index (χ1) is 10.7. The number of fused-ring (bicyclic) bond motifs is 1. The highest BCUT2D eigenvalue weighted by Crippen LogP contribution is 2.35. The van der Waals surface area contributed by atoms with E-state index < -0.39 is 0 Å². The van der Waals surface area contributed by atoms with Gasteiger partial charge in [0, 0.05) is 17.8 Å². The number of rotatable bonds is 2. The van der Waals surface area contributed by atoms with Crippen molar-refractivity contribution >= 4 is 5.52 Å². The summed E-state index contributed by atoms with van der Waals surface area (Å²) in [5.41, 5.74) is 16.1. The molecule has 2 atom stereocenters. The Morgan fingerprint density at radius 1 is 1.18 bits per heavy atom. The van der Waals surface area contributed by atoms with Crippen LogP contribution in [0.1, 0.15) is 25.0 Å². The molecule has 1 aliphatic carbocycles. The van der Waals surface area contributed by atoms with Crippen LogP contribution in [0.25, 0.3) is 16.8 Å². The fourth-order valence-electron chi connectivity index (χ4n) is 3.36. The average Bonchev–Trinajstić information content (AvgIpc) is 3.14. The number of aromatic nitrogens is 3. The number of hydrogen-bond donors (Lipinski definition) is 2. The molecule has 4 rings (SSSR count). The van der Waals surface area contributed by atoms with E-state index in [1.165, 1.54) is 0 Å². The number of nitrogens with two attached hydrogens (primary N) is 2. The molecular weight excluding hydrogens is 274 g/mol. The van der Waals surface area contributed by atoms with Crippen molar-refractivity contribution in [1.82, 2.24) is 14.6 Å². The number of pyridine rings is 2. The van der Waals surface area contributed by atoms with E-state index in [1.807, 2.05) is 41.0 Å². The van der Waals surface area contributed by atoms with E-state index in [4.69, 9.17) is 11.5 Å². The van der Waals surface area contributed by atoms with E-state index in [0.29, 0.717) is 0 Å². The number of hydrogen-bond acceptors (Lipinski definition) is 4. The summed E-state index contributed by atoms with van der Waals surface area (Å²) in [6.07, 6.45) is 6.34. The molecule has 0 bridgehead atoms. The Hall–Kier alpha value is -2.24. The van der Waals surface area contributed by atoms with Gasteiger partial charge in [0.05, 0.1) is 28.6 Å². The minimum Gasteiger partial charge on any atom is -0.328 e. The molecule has 3 heterocycles. The van der Waals surface area contributed by atoms with Gasteiger partial charge in [-0.15, -0.1) is 0 Å². The van der Waals surface area contributed by atoms with Crippen LogP contribution in [0.4, 0.5) is 0 Å². The van der Waals surface area contributed by atoms with Crippen molar-refractivity contribution in [3.63, 3.8) is 0 Å². The highest BCUT2D eigenvalue weighted by Gasteiger charge is 2.36. The van der Waals surface area contributed by atoms with Crippen LogP contribution in [0.3, 0.4) is 0 Å². The molecule has 1 aliphatic rings. The van der Waals surface area contributed by atoms with Crippen LogP contribution in [0.5, 0.6) is 0 Å². The van der Waals surface area contributed by atoms with Gasteiger partial charge in [-0.2, -0.15) is 5.10 Å². The SMILES string of the molecule is NC1CCC(N)(c2ccc(-c3cccc4ccnn34)cn2)C1. The van der Waals surface area contributed by atoms with Gasteiger partial charge in [-0.3, -0.25) is 4.98 Å². The van der Waals surface area contributed by atoms with Gasteiger partial charge >= 0.3 is 0 Å². The molecular formula is C17H19N5. The van der Waals surface area contributed by atoms with Gasteiger partial charge in [-0.25, -0.2) is 4.52 Å². The smallest absolute Gasteiger partial charge is 0.0740 e. The lowest BCUT2D eigenvalue weighted by Gasteiger charge is -2.23. The summed E-state index contributed by atoms with van der Waals surface area (Å²) in [6.45, 7) is 0. The van der Waals surface area contributed by atoms with E-state index in [9.17, 15) is 0 Å². The largest absolute Gasteiger partial charge is 0.328 e. The molecule has 0 radical (unpaired) electrons. The van der Waals surface area contributed by atoms with Crippen molar-refractivity contribution in [2.45, 2.75) is 30.8 Å². The second-order valence-corrected chi connectivity index (χ2v) is 6.17. The Morgan fingerprint density at radius 3 is 2.82 bits per heavy atom. The maximum atomic E-state index is 6.47. The molecule has 0 aliphatic heterocycles. The van der Waals surface area contributed by atoms with Crippen LogP contribution < -0.4 is 11.5 Å². The molecule has 0 amide bonds. The lowest BCUT2D eigenvalue weighted by molar-refractivity contribution is 0.440. The fourth-order valence-corrected chi connectivity index (χ4v) is 3.36. The first kappa shape index (κ1) is 13.4. The summed E-state index contributed by atoms with van der Waals surface area (Å²) in [5.74, 6) is 0. The molecule has 5 heteroatoms. The summed E-state index contributed by atoms with van der Waals surface area (Å²) in [5, 5.41) is 4.37. The first-order valence-corrected chi connectivity index (χ1v) is 7.60. The standard InChI is InChI=1S/C17H19N5/c18-13-6-8-17(19,10-13)16-5-4-12(11-20-16)15-3-1-2-14-7-9-21-22(14)15/h1-5,7,9,11,13H,6,8,10,18-19H2. The van der Waals surface area contributed by atoms with Crippen molar-refractivity contribution < 1.29 is 0 Å². The average molecular weight is 293 g/mol. The zero-order chi connectivity index (χ0) is 15.2. The Kier molecular flexibility index (Phi) is 2.99. The third-order valence-corrected chi connectivity index (χ3v) is 4.58. The summed E-state index contributed by atoms with van der Waals surface area (Å²) < 4.78 is 1.92. The van der Waals surface area contributed by atoms with Gasteiger partial charge in [0.25, 0.3) is 0 Å². The topological polar surface area (TPSA) is 82.2 Å². The molecule has 1 saturated carbocycles. The van der Waals surface area contributed by atoms with Crippen LogP contribution in [0.15, 0.2) is 48.8 Å². The maximum Gasteiger partial charge on any atom is 0.0740 e. The Morgan fingerprint density at radius 2 is 2.09 bits per heavy atom. The lowest BCUT2D eigenvalue weighted by Crippen LogP contribution is -2.36. The second-order valence-electron chi connectivity index (χ2n) is 6.17. The minimum atomic E-state index is -0.379. The lowest BCUT2D eigenvalue weighted by atomic mass is 9.93. The fraction of sp³-hybridized carbons (Fsp3) is 0.294. The summed E-state index contributed by atoms with van der Waals surface area (Å²) in [4.78, 5) is 4.61. The van der Waals surface area contributed by atoms with Crippen LogP contribution in [0, 0.1) is 0 Å². The summed E-state index contributed by atoms with van der Waals surface area (Å²) >= 11 is 0. The number of nitrogens with zero attached hydrogens (tertiary/aromatic N) is 3.